The van der Waals surface area contributed by atoms with Crippen molar-refractivity contribution in [1.29, 1.82) is 0 Å². The van der Waals surface area contributed by atoms with E-state index in [0.29, 0.717) is 11.3 Å². The van der Waals surface area contributed by atoms with Crippen molar-refractivity contribution >= 4 is 21.6 Å². The van der Waals surface area contributed by atoms with Crippen molar-refractivity contribution in [2.75, 3.05) is 10.1 Å². The van der Waals surface area contributed by atoms with Crippen LogP contribution in [0.2, 0.25) is 0 Å². The lowest BCUT2D eigenvalue weighted by Gasteiger charge is -2.12. The number of carbonyl (C=O) groups excluding carboxylic acids is 1. The molecule has 0 unspecified atom stereocenters. The molecular weight excluding hydrogens is 362 g/mol. The van der Waals surface area contributed by atoms with E-state index in [4.69, 9.17) is 0 Å². The lowest BCUT2D eigenvalue weighted by molar-refractivity contribution is 0.101. The number of sulfonamides is 1. The first kappa shape index (κ1) is 18.7. The predicted octanol–water partition coefficient (Wildman–Crippen LogP) is 3.60. The van der Waals surface area contributed by atoms with Crippen LogP contribution in [0.15, 0.2) is 65.6 Å². The van der Waals surface area contributed by atoms with E-state index in [1.165, 1.54) is 0 Å². The highest BCUT2D eigenvalue weighted by molar-refractivity contribution is 7.92. The molecule has 2 aromatic carbocycles. The highest BCUT2D eigenvalue weighted by atomic mass is 32.2. The Labute approximate surface area is 158 Å². The highest BCUT2D eigenvalue weighted by Crippen LogP contribution is 2.17. The first-order chi connectivity index (χ1) is 12.8. The van der Waals surface area contributed by atoms with Gasteiger partial charge in [-0.05, 0) is 69.3 Å². The molecule has 27 heavy (non-hydrogen) atoms. The van der Waals surface area contributed by atoms with Gasteiger partial charge in [0.25, 0.3) is 15.9 Å². The molecule has 0 aliphatic rings. The Morgan fingerprint density at radius 2 is 1.37 bits per heavy atom. The lowest BCUT2D eigenvalue weighted by Crippen LogP contribution is -2.24. The summed E-state index contributed by atoms with van der Waals surface area (Å²) in [6.45, 7) is 5.69. The van der Waals surface area contributed by atoms with E-state index < -0.39 is 10.0 Å². The molecule has 0 spiro atoms. The van der Waals surface area contributed by atoms with E-state index in [9.17, 15) is 13.2 Å². The standard InChI is InChI=1S/C20H21N3O3S/c1-14-4-12-19(13-5-14)27(25,26)22-18-10-8-17(9-11-18)20(24)21-23-15(2)6-7-16(23)3/h4-13,22H,1-3H3,(H,21,24). The van der Waals surface area contributed by atoms with Gasteiger partial charge in [0, 0.05) is 22.6 Å². The van der Waals surface area contributed by atoms with Crippen molar-refractivity contribution in [1.82, 2.24) is 4.68 Å². The van der Waals surface area contributed by atoms with Crippen LogP contribution in [0, 0.1) is 20.8 Å². The van der Waals surface area contributed by atoms with E-state index in [1.54, 1.807) is 53.2 Å². The van der Waals surface area contributed by atoms with Crippen LogP contribution in [-0.2, 0) is 10.0 Å². The van der Waals surface area contributed by atoms with Gasteiger partial charge in [-0.3, -0.25) is 19.6 Å². The summed E-state index contributed by atoms with van der Waals surface area (Å²) in [5.41, 5.74) is 6.46. The maximum atomic E-state index is 12.4. The Bertz CT molecular complexity index is 1050. The summed E-state index contributed by atoms with van der Waals surface area (Å²) >= 11 is 0. The lowest BCUT2D eigenvalue weighted by atomic mass is 10.2. The highest BCUT2D eigenvalue weighted by Gasteiger charge is 2.14. The fraction of sp³-hybridized carbons (Fsp3) is 0.150. The van der Waals surface area contributed by atoms with Gasteiger partial charge in [0.05, 0.1) is 4.90 Å². The van der Waals surface area contributed by atoms with Crippen molar-refractivity contribution in [2.45, 2.75) is 25.7 Å². The summed E-state index contributed by atoms with van der Waals surface area (Å²) in [7, 11) is -3.67. The van der Waals surface area contributed by atoms with Crippen LogP contribution < -0.4 is 10.1 Å². The zero-order valence-electron chi connectivity index (χ0n) is 15.4. The Kier molecular flexibility index (Phi) is 5.05. The van der Waals surface area contributed by atoms with Crippen molar-refractivity contribution < 1.29 is 13.2 Å². The Hall–Kier alpha value is -3.06. The van der Waals surface area contributed by atoms with Gasteiger partial charge >= 0.3 is 0 Å². The summed E-state index contributed by atoms with van der Waals surface area (Å²) in [4.78, 5) is 12.6. The van der Waals surface area contributed by atoms with Crippen molar-refractivity contribution in [3.8, 4) is 0 Å². The third kappa shape index (κ3) is 4.20. The topological polar surface area (TPSA) is 80.2 Å². The largest absolute Gasteiger partial charge is 0.280 e. The van der Waals surface area contributed by atoms with E-state index in [0.717, 1.165) is 17.0 Å². The third-order valence-corrected chi connectivity index (χ3v) is 5.61. The maximum absolute atomic E-state index is 12.4. The van der Waals surface area contributed by atoms with Crippen LogP contribution >= 0.6 is 0 Å². The number of anilines is 1. The fourth-order valence-electron chi connectivity index (χ4n) is 2.63. The van der Waals surface area contributed by atoms with E-state index in [1.807, 2.05) is 32.9 Å². The first-order valence-electron chi connectivity index (χ1n) is 8.42. The average molecular weight is 383 g/mol. The quantitative estimate of drug-likeness (QED) is 0.706. The molecule has 0 aliphatic heterocycles. The molecular formula is C20H21N3O3S. The molecule has 0 aliphatic carbocycles. The fourth-order valence-corrected chi connectivity index (χ4v) is 3.69. The van der Waals surface area contributed by atoms with Gasteiger partial charge in [-0.1, -0.05) is 17.7 Å². The number of carbonyl (C=O) groups is 1. The summed E-state index contributed by atoms with van der Waals surface area (Å²) in [5.74, 6) is -0.273. The number of nitrogens with zero attached hydrogens (tertiary/aromatic N) is 1. The van der Waals surface area contributed by atoms with Crippen LogP contribution in [0.3, 0.4) is 0 Å². The summed E-state index contributed by atoms with van der Waals surface area (Å²) in [6, 6.07) is 16.7. The van der Waals surface area contributed by atoms with Crippen LogP contribution in [-0.4, -0.2) is 19.0 Å². The number of aryl methyl sites for hydroxylation is 3. The van der Waals surface area contributed by atoms with Crippen LogP contribution in [0.25, 0.3) is 0 Å². The molecule has 2 N–H and O–H groups in total. The molecule has 0 bridgehead atoms. The summed E-state index contributed by atoms with van der Waals surface area (Å²) in [5, 5.41) is 0. The molecule has 0 atom stereocenters. The molecule has 0 radical (unpaired) electrons. The molecule has 1 amide bonds. The van der Waals surface area contributed by atoms with Crippen LogP contribution in [0.5, 0.6) is 0 Å². The zero-order valence-corrected chi connectivity index (χ0v) is 16.2. The SMILES string of the molecule is Cc1ccc(S(=O)(=O)Nc2ccc(C(=O)Nn3c(C)ccc3C)cc2)cc1. The normalized spacial score (nSPS) is 11.2. The third-order valence-electron chi connectivity index (χ3n) is 4.22. The number of hydrogen-bond acceptors (Lipinski definition) is 3. The van der Waals surface area contributed by atoms with E-state index in [-0.39, 0.29) is 10.8 Å². The van der Waals surface area contributed by atoms with E-state index in [2.05, 4.69) is 10.1 Å². The number of rotatable bonds is 5. The number of benzene rings is 2. The Balaban J connectivity index is 1.73. The van der Waals surface area contributed by atoms with Gasteiger partial charge in [-0.25, -0.2) is 8.42 Å². The van der Waals surface area contributed by atoms with Crippen LogP contribution in [0.4, 0.5) is 5.69 Å². The predicted molar refractivity (Wildman–Crippen MR) is 106 cm³/mol. The molecule has 1 heterocycles. The van der Waals surface area contributed by atoms with Crippen LogP contribution in [0.1, 0.15) is 27.3 Å². The van der Waals surface area contributed by atoms with E-state index >= 15 is 0 Å². The minimum Gasteiger partial charge on any atom is -0.280 e. The van der Waals surface area contributed by atoms with Gasteiger partial charge in [0.2, 0.25) is 0 Å². The molecule has 6 nitrogen and oxygen atoms in total. The molecule has 0 saturated heterocycles. The van der Waals surface area contributed by atoms with Gasteiger partial charge in [-0.2, -0.15) is 0 Å². The van der Waals surface area contributed by atoms with Crippen molar-refractivity contribution in [3.05, 3.63) is 83.2 Å². The Morgan fingerprint density at radius 1 is 0.815 bits per heavy atom. The van der Waals surface area contributed by atoms with Crippen molar-refractivity contribution in [2.24, 2.45) is 0 Å². The molecule has 0 saturated carbocycles. The second-order valence-electron chi connectivity index (χ2n) is 6.39. The number of amides is 1. The smallest absolute Gasteiger partial charge is 0.270 e. The second-order valence-corrected chi connectivity index (χ2v) is 8.07. The molecule has 140 valence electrons. The molecule has 0 fully saturated rings. The zero-order chi connectivity index (χ0) is 19.6. The first-order valence-corrected chi connectivity index (χ1v) is 9.90. The van der Waals surface area contributed by atoms with Gasteiger partial charge in [-0.15, -0.1) is 0 Å². The van der Waals surface area contributed by atoms with Crippen molar-refractivity contribution in [3.63, 3.8) is 0 Å². The summed E-state index contributed by atoms with van der Waals surface area (Å²) in [6.07, 6.45) is 0. The minimum atomic E-state index is -3.67. The van der Waals surface area contributed by atoms with Gasteiger partial charge < -0.3 is 0 Å². The molecule has 1 aromatic heterocycles. The van der Waals surface area contributed by atoms with Gasteiger partial charge in [0.15, 0.2) is 0 Å². The number of aromatic nitrogens is 1. The maximum Gasteiger partial charge on any atom is 0.270 e. The van der Waals surface area contributed by atoms with Gasteiger partial charge in [0.1, 0.15) is 0 Å². The number of nitrogens with one attached hydrogen (secondary N) is 2. The number of hydrogen-bond donors (Lipinski definition) is 2. The average Bonchev–Trinajstić information content (AvgIpc) is 2.94. The molecule has 7 heteroatoms. The second kappa shape index (κ2) is 7.28. The molecule has 3 aromatic rings. The monoisotopic (exact) mass is 383 g/mol. The Morgan fingerprint density at radius 3 is 1.93 bits per heavy atom. The summed E-state index contributed by atoms with van der Waals surface area (Å²) < 4.78 is 29.1. The minimum absolute atomic E-state index is 0.188. The molecule has 3 rings (SSSR count).